The van der Waals surface area contributed by atoms with Crippen LogP contribution in [0.1, 0.15) is 168 Å². The molecule has 2 aliphatic heterocycles. The molecule has 15 nitrogen and oxygen atoms in total. The third kappa shape index (κ3) is 30.1. The van der Waals surface area contributed by atoms with Gasteiger partial charge in [-0.3, -0.25) is 9.59 Å². The number of rotatable bonds is 41. The number of carbonyl (C=O) groups is 2. The lowest BCUT2D eigenvalue weighted by atomic mass is 9.98. The predicted octanol–water partition coefficient (Wildman–Crippen LogP) is 8.38. The Morgan fingerprint density at radius 1 is 0.458 bits per heavy atom. The molecule has 0 spiro atoms. The Morgan fingerprint density at radius 2 is 0.903 bits per heavy atom. The molecule has 0 aromatic rings. The van der Waals surface area contributed by atoms with Crippen molar-refractivity contribution in [3.8, 4) is 0 Å². The first-order valence-electron chi connectivity index (χ1n) is 27.2. The van der Waals surface area contributed by atoms with Gasteiger partial charge in [0.1, 0.15) is 55.4 Å². The van der Waals surface area contributed by atoms with E-state index in [0.717, 1.165) is 70.6 Å². The molecule has 72 heavy (non-hydrogen) atoms. The molecule has 2 heterocycles. The summed E-state index contributed by atoms with van der Waals surface area (Å²) < 4.78 is 33.5. The molecule has 0 radical (unpaired) electrons. The Bertz CT molecular complexity index is 1570. The van der Waals surface area contributed by atoms with Crippen molar-refractivity contribution in [2.24, 2.45) is 0 Å². The standard InChI is InChI=1S/C57H94O15/c1-3-5-7-9-11-13-15-17-19-21-22-24-25-27-29-31-33-35-37-39-48(59)67-42-45(70-49(60)40-38-36-34-32-30-28-26-23-20-18-16-14-12-10-8-6-4-2)43-68-56-55(66)53(64)51(62)47(72-56)44-69-57-54(65)52(63)50(61)46(41-58)71-57/h5,7,11,13-14,16-17,19,22,24,27,29,33,35,45-47,50-58,61-66H,3-4,6,8-10,12,15,18,20-21,23,25-26,28,30-32,34,36-44H2,1-2H3/b7-5+,13-11+,16-14+,19-17+,24-22+,29-27+,35-33+/t45-,46+,47+,50-,51-,52?,53?,54?,55?,56+,57+/m0/s1. The number of carbonyl (C=O) groups excluding carboxylic acids is 2. The second-order valence-electron chi connectivity index (χ2n) is 18.7. The number of esters is 2. The smallest absolute Gasteiger partial charge is 0.306 e. The molecule has 15 heteroatoms. The molecule has 7 N–H and O–H groups in total. The Hall–Kier alpha value is -3.32. The molecule has 11 atom stereocenters. The molecule has 2 rings (SSSR count). The van der Waals surface area contributed by atoms with Crippen molar-refractivity contribution in [2.45, 2.75) is 235 Å². The summed E-state index contributed by atoms with van der Waals surface area (Å²) in [4.78, 5) is 25.8. The molecule has 2 aliphatic rings. The SMILES string of the molecule is CC/C=C/C/C=C/C/C=C/C/C=C/C/C=C/C/C=C/CCC(=O)OC[C@@H](CO[C@@H]1O[C@H](CO[C@@H]2O[C@H](CO)[C@H](O)C(O)C2O)[C@H](O)C(O)C1O)OC(=O)CCCCCCCCCCC/C=C/CCCCCC. The first-order valence-corrected chi connectivity index (χ1v) is 27.2. The van der Waals surface area contributed by atoms with Crippen LogP contribution in [0.2, 0.25) is 0 Å². The number of aliphatic hydroxyl groups is 7. The number of ether oxygens (including phenoxy) is 6. The van der Waals surface area contributed by atoms with Crippen LogP contribution < -0.4 is 0 Å². The average molecular weight is 1020 g/mol. The van der Waals surface area contributed by atoms with Crippen molar-refractivity contribution in [3.63, 3.8) is 0 Å². The van der Waals surface area contributed by atoms with Crippen LogP contribution in [0.15, 0.2) is 85.1 Å². The number of unbranched alkanes of at least 4 members (excludes halogenated alkanes) is 13. The Balaban J connectivity index is 1.82. The highest BCUT2D eigenvalue weighted by Crippen LogP contribution is 2.26. The molecule has 0 amide bonds. The fraction of sp³-hybridized carbons (Fsp3) is 0.719. The van der Waals surface area contributed by atoms with E-state index in [1.165, 1.54) is 57.8 Å². The van der Waals surface area contributed by atoms with Gasteiger partial charge >= 0.3 is 11.9 Å². The summed E-state index contributed by atoms with van der Waals surface area (Å²) >= 11 is 0. The third-order valence-corrected chi connectivity index (χ3v) is 12.4. The minimum absolute atomic E-state index is 0.0882. The van der Waals surface area contributed by atoms with Crippen LogP contribution in [0.5, 0.6) is 0 Å². The van der Waals surface area contributed by atoms with Gasteiger partial charge in [-0.1, -0.05) is 163 Å². The fourth-order valence-electron chi connectivity index (χ4n) is 7.94. The van der Waals surface area contributed by atoms with Gasteiger partial charge in [0.05, 0.1) is 19.8 Å². The summed E-state index contributed by atoms with van der Waals surface area (Å²) in [6, 6.07) is 0. The van der Waals surface area contributed by atoms with Crippen molar-refractivity contribution in [3.05, 3.63) is 85.1 Å². The van der Waals surface area contributed by atoms with Crippen LogP contribution in [0.3, 0.4) is 0 Å². The number of hydrogen-bond donors (Lipinski definition) is 7. The molecular weight excluding hydrogens is 925 g/mol. The summed E-state index contributed by atoms with van der Waals surface area (Å²) in [5.74, 6) is -1.03. The minimum Gasteiger partial charge on any atom is -0.462 e. The van der Waals surface area contributed by atoms with Gasteiger partial charge in [-0.05, 0) is 77.0 Å². The molecule has 0 aromatic carbocycles. The van der Waals surface area contributed by atoms with Gasteiger partial charge in [0.15, 0.2) is 18.7 Å². The maximum Gasteiger partial charge on any atom is 0.306 e. The van der Waals surface area contributed by atoms with Gasteiger partial charge in [-0.15, -0.1) is 0 Å². The van der Waals surface area contributed by atoms with E-state index in [4.69, 9.17) is 28.4 Å². The second-order valence-corrected chi connectivity index (χ2v) is 18.7. The first-order chi connectivity index (χ1) is 35.0. The monoisotopic (exact) mass is 1020 g/mol. The van der Waals surface area contributed by atoms with E-state index in [2.05, 4.69) is 86.8 Å². The summed E-state index contributed by atoms with van der Waals surface area (Å²) in [6.07, 6.45) is 36.1. The van der Waals surface area contributed by atoms with E-state index in [0.29, 0.717) is 12.8 Å². The molecule has 2 saturated heterocycles. The number of aliphatic hydroxyl groups excluding tert-OH is 7. The quantitative estimate of drug-likeness (QED) is 0.0173. The Morgan fingerprint density at radius 3 is 1.43 bits per heavy atom. The van der Waals surface area contributed by atoms with E-state index in [1.54, 1.807) is 0 Å². The summed E-state index contributed by atoms with van der Waals surface area (Å²) in [5, 5.41) is 72.2. The van der Waals surface area contributed by atoms with Crippen LogP contribution in [0, 0.1) is 0 Å². The van der Waals surface area contributed by atoms with Crippen LogP contribution >= 0.6 is 0 Å². The van der Waals surface area contributed by atoms with Gasteiger partial charge in [-0.2, -0.15) is 0 Å². The highest BCUT2D eigenvalue weighted by atomic mass is 16.7. The highest BCUT2D eigenvalue weighted by Gasteiger charge is 2.47. The van der Waals surface area contributed by atoms with E-state index in [1.807, 2.05) is 12.2 Å². The maximum absolute atomic E-state index is 13.0. The lowest BCUT2D eigenvalue weighted by molar-refractivity contribution is -0.332. The van der Waals surface area contributed by atoms with Crippen LogP contribution in [-0.4, -0.2) is 142 Å². The van der Waals surface area contributed by atoms with Gasteiger partial charge in [-0.25, -0.2) is 0 Å². The average Bonchev–Trinajstić information content (AvgIpc) is 3.37. The second kappa shape index (κ2) is 43.0. The van der Waals surface area contributed by atoms with Crippen molar-refractivity contribution < 1.29 is 73.8 Å². The number of allylic oxidation sites excluding steroid dienone is 14. The summed E-state index contributed by atoms with van der Waals surface area (Å²) in [7, 11) is 0. The van der Waals surface area contributed by atoms with E-state index in [9.17, 15) is 45.3 Å². The topological polar surface area (TPSA) is 231 Å². The zero-order valence-corrected chi connectivity index (χ0v) is 43.6. The molecule has 4 unspecified atom stereocenters. The lowest BCUT2D eigenvalue weighted by Crippen LogP contribution is -2.61. The van der Waals surface area contributed by atoms with Crippen LogP contribution in [-0.2, 0) is 38.0 Å². The van der Waals surface area contributed by atoms with Gasteiger partial charge in [0.2, 0.25) is 0 Å². The maximum atomic E-state index is 13.0. The third-order valence-electron chi connectivity index (χ3n) is 12.4. The van der Waals surface area contributed by atoms with E-state index < -0.39 is 99.3 Å². The normalized spacial score (nSPS) is 25.7. The van der Waals surface area contributed by atoms with Gasteiger partial charge in [0.25, 0.3) is 0 Å². The first kappa shape index (κ1) is 64.8. The largest absolute Gasteiger partial charge is 0.462 e. The van der Waals surface area contributed by atoms with Crippen molar-refractivity contribution in [2.75, 3.05) is 26.4 Å². The molecule has 412 valence electrons. The highest BCUT2D eigenvalue weighted by molar-refractivity contribution is 5.70. The Kier molecular flexibility index (Phi) is 38.7. The van der Waals surface area contributed by atoms with Crippen LogP contribution in [0.4, 0.5) is 0 Å². The summed E-state index contributed by atoms with van der Waals surface area (Å²) in [6.45, 7) is 2.38. The van der Waals surface area contributed by atoms with Crippen molar-refractivity contribution in [1.29, 1.82) is 0 Å². The molecule has 0 aliphatic carbocycles. The zero-order valence-electron chi connectivity index (χ0n) is 43.6. The van der Waals surface area contributed by atoms with Crippen LogP contribution in [0.25, 0.3) is 0 Å². The molecule has 0 saturated carbocycles. The van der Waals surface area contributed by atoms with E-state index >= 15 is 0 Å². The predicted molar refractivity (Wildman–Crippen MR) is 279 cm³/mol. The van der Waals surface area contributed by atoms with Gasteiger partial charge in [0, 0.05) is 12.8 Å². The molecule has 0 bridgehead atoms. The molecular formula is C57H94O15. The fourth-order valence-corrected chi connectivity index (χ4v) is 7.94. The number of hydrogen-bond acceptors (Lipinski definition) is 15. The Labute approximate surface area is 431 Å². The summed E-state index contributed by atoms with van der Waals surface area (Å²) in [5.41, 5.74) is 0. The van der Waals surface area contributed by atoms with Crippen molar-refractivity contribution >= 4 is 11.9 Å². The van der Waals surface area contributed by atoms with Gasteiger partial charge < -0.3 is 64.2 Å². The van der Waals surface area contributed by atoms with E-state index in [-0.39, 0.29) is 19.4 Å². The zero-order chi connectivity index (χ0) is 52.4. The molecule has 0 aromatic heterocycles. The molecule has 2 fully saturated rings. The lowest BCUT2D eigenvalue weighted by Gasteiger charge is -2.42. The van der Waals surface area contributed by atoms with Crippen molar-refractivity contribution in [1.82, 2.24) is 0 Å². The minimum atomic E-state index is -1.78.